The summed E-state index contributed by atoms with van der Waals surface area (Å²) in [5.41, 5.74) is 5.72. The van der Waals surface area contributed by atoms with E-state index in [2.05, 4.69) is 0 Å². The first-order chi connectivity index (χ1) is 6.27. The molecule has 0 aromatic heterocycles. The molecule has 0 atom stereocenters. The number of benzene rings is 2. The molecule has 2 aromatic carbocycles. The van der Waals surface area contributed by atoms with Crippen LogP contribution in [0.2, 0.25) is 0 Å². The lowest BCUT2D eigenvalue weighted by molar-refractivity contribution is 0.100. The number of primary amides is 1. The van der Waals surface area contributed by atoms with E-state index in [1.165, 1.54) is 0 Å². The van der Waals surface area contributed by atoms with Crippen LogP contribution in [-0.2, 0) is 0 Å². The minimum atomic E-state index is -0.384. The fourth-order valence-electron chi connectivity index (χ4n) is 1.34. The van der Waals surface area contributed by atoms with Gasteiger partial charge in [-0.15, -0.1) is 12.4 Å². The Hall–Kier alpha value is -1.54. The monoisotopic (exact) mass is 207 g/mol. The molecular weight excluding hydrogens is 198 g/mol. The molecule has 0 heterocycles. The van der Waals surface area contributed by atoms with E-state index in [1.807, 2.05) is 30.3 Å². The standard InChI is InChI=1S/C11H9NO.ClH/c12-11(13)10-6-5-8-3-1-2-4-9(8)7-10;/h1-7H,(H2,12,13);1H. The van der Waals surface area contributed by atoms with Crippen LogP contribution in [0.3, 0.4) is 0 Å². The van der Waals surface area contributed by atoms with Gasteiger partial charge in [0.05, 0.1) is 0 Å². The van der Waals surface area contributed by atoms with Crippen molar-refractivity contribution in [1.82, 2.24) is 0 Å². The largest absolute Gasteiger partial charge is 0.366 e. The molecule has 14 heavy (non-hydrogen) atoms. The second-order valence-electron chi connectivity index (χ2n) is 2.93. The van der Waals surface area contributed by atoms with Gasteiger partial charge in [-0.3, -0.25) is 4.79 Å². The molecule has 0 aliphatic heterocycles. The zero-order chi connectivity index (χ0) is 9.26. The summed E-state index contributed by atoms with van der Waals surface area (Å²) in [5, 5.41) is 2.16. The van der Waals surface area contributed by atoms with Crippen molar-refractivity contribution in [2.24, 2.45) is 5.73 Å². The second-order valence-corrected chi connectivity index (χ2v) is 2.93. The highest BCUT2D eigenvalue weighted by Gasteiger charge is 1.99. The molecule has 0 aliphatic rings. The fourth-order valence-corrected chi connectivity index (χ4v) is 1.34. The Bertz CT molecular complexity index is 468. The topological polar surface area (TPSA) is 43.1 Å². The minimum absolute atomic E-state index is 0. The second kappa shape index (κ2) is 4.11. The maximum atomic E-state index is 10.9. The van der Waals surface area contributed by atoms with Crippen LogP contribution in [0.4, 0.5) is 0 Å². The molecule has 0 radical (unpaired) electrons. The van der Waals surface area contributed by atoms with Crippen LogP contribution in [0.5, 0.6) is 0 Å². The maximum Gasteiger partial charge on any atom is 0.248 e. The minimum Gasteiger partial charge on any atom is -0.366 e. The Morgan fingerprint density at radius 2 is 1.64 bits per heavy atom. The number of hydrogen-bond donors (Lipinski definition) is 1. The third kappa shape index (κ3) is 1.86. The molecule has 0 bridgehead atoms. The smallest absolute Gasteiger partial charge is 0.248 e. The summed E-state index contributed by atoms with van der Waals surface area (Å²) in [6.45, 7) is 0. The van der Waals surface area contributed by atoms with Crippen LogP contribution >= 0.6 is 12.4 Å². The van der Waals surface area contributed by atoms with Gasteiger partial charge in [-0.2, -0.15) is 0 Å². The average molecular weight is 208 g/mol. The molecule has 0 saturated heterocycles. The van der Waals surface area contributed by atoms with Crippen molar-refractivity contribution >= 4 is 29.1 Å². The first-order valence-corrected chi connectivity index (χ1v) is 4.06. The molecule has 0 saturated carbocycles. The predicted molar refractivity (Wildman–Crippen MR) is 59.7 cm³/mol. The molecule has 2 nitrogen and oxygen atoms in total. The van der Waals surface area contributed by atoms with Crippen molar-refractivity contribution in [3.8, 4) is 0 Å². The highest BCUT2D eigenvalue weighted by molar-refractivity contribution is 5.97. The predicted octanol–water partition coefficient (Wildman–Crippen LogP) is 2.36. The number of amides is 1. The summed E-state index contributed by atoms with van der Waals surface area (Å²) in [4.78, 5) is 10.9. The normalized spacial score (nSPS) is 9.43. The lowest BCUT2D eigenvalue weighted by atomic mass is 10.1. The zero-order valence-corrected chi connectivity index (χ0v) is 8.25. The average Bonchev–Trinajstić information content (AvgIpc) is 2.17. The van der Waals surface area contributed by atoms with E-state index in [9.17, 15) is 4.79 Å². The van der Waals surface area contributed by atoms with Gasteiger partial charge in [-0.25, -0.2) is 0 Å². The van der Waals surface area contributed by atoms with Crippen LogP contribution in [-0.4, -0.2) is 5.91 Å². The van der Waals surface area contributed by atoms with Crippen molar-refractivity contribution in [2.45, 2.75) is 0 Å². The summed E-state index contributed by atoms with van der Waals surface area (Å²) in [6.07, 6.45) is 0. The van der Waals surface area contributed by atoms with E-state index in [-0.39, 0.29) is 18.3 Å². The van der Waals surface area contributed by atoms with E-state index >= 15 is 0 Å². The molecule has 2 aromatic rings. The number of halogens is 1. The van der Waals surface area contributed by atoms with E-state index in [0.717, 1.165) is 10.8 Å². The molecule has 2 rings (SSSR count). The number of fused-ring (bicyclic) bond motifs is 1. The molecular formula is C11H10ClNO. The first kappa shape index (κ1) is 10.5. The highest BCUT2D eigenvalue weighted by Crippen LogP contribution is 2.14. The molecule has 0 unspecified atom stereocenters. The van der Waals surface area contributed by atoms with Crippen LogP contribution in [0, 0.1) is 0 Å². The van der Waals surface area contributed by atoms with Gasteiger partial charge >= 0.3 is 0 Å². The summed E-state index contributed by atoms with van der Waals surface area (Å²) < 4.78 is 0. The SMILES string of the molecule is Cl.NC(=O)c1ccc2ccccc2c1. The fraction of sp³-hybridized carbons (Fsp3) is 0. The third-order valence-electron chi connectivity index (χ3n) is 2.03. The van der Waals surface area contributed by atoms with Gasteiger partial charge in [0.1, 0.15) is 0 Å². The Balaban J connectivity index is 0.000000980. The third-order valence-corrected chi connectivity index (χ3v) is 2.03. The zero-order valence-electron chi connectivity index (χ0n) is 7.44. The Morgan fingerprint density at radius 3 is 2.29 bits per heavy atom. The van der Waals surface area contributed by atoms with Gasteiger partial charge in [0.15, 0.2) is 0 Å². The molecule has 3 heteroatoms. The van der Waals surface area contributed by atoms with E-state index in [4.69, 9.17) is 5.73 Å². The molecule has 2 N–H and O–H groups in total. The number of carbonyl (C=O) groups is 1. The summed E-state index contributed by atoms with van der Waals surface area (Å²) >= 11 is 0. The van der Waals surface area contributed by atoms with Gasteiger partial charge in [0.2, 0.25) is 5.91 Å². The Labute approximate surface area is 88.1 Å². The summed E-state index contributed by atoms with van der Waals surface area (Å²) in [6, 6.07) is 13.3. The van der Waals surface area contributed by atoms with E-state index in [1.54, 1.807) is 12.1 Å². The lowest BCUT2D eigenvalue weighted by Gasteiger charge is -1.98. The van der Waals surface area contributed by atoms with Gasteiger partial charge in [0, 0.05) is 5.56 Å². The number of carbonyl (C=O) groups excluding carboxylic acids is 1. The van der Waals surface area contributed by atoms with Crippen molar-refractivity contribution in [2.75, 3.05) is 0 Å². The maximum absolute atomic E-state index is 10.9. The molecule has 72 valence electrons. The van der Waals surface area contributed by atoms with Gasteiger partial charge in [-0.05, 0) is 22.9 Å². The van der Waals surface area contributed by atoms with Crippen LogP contribution in [0.1, 0.15) is 10.4 Å². The Kier molecular flexibility index (Phi) is 3.10. The summed E-state index contributed by atoms with van der Waals surface area (Å²) in [7, 11) is 0. The van der Waals surface area contributed by atoms with Crippen LogP contribution < -0.4 is 5.73 Å². The molecule has 0 aliphatic carbocycles. The summed E-state index contributed by atoms with van der Waals surface area (Å²) in [5.74, 6) is -0.384. The highest BCUT2D eigenvalue weighted by atomic mass is 35.5. The number of rotatable bonds is 1. The molecule has 0 fully saturated rings. The number of hydrogen-bond acceptors (Lipinski definition) is 1. The first-order valence-electron chi connectivity index (χ1n) is 4.06. The van der Waals surface area contributed by atoms with Crippen molar-refractivity contribution < 1.29 is 4.79 Å². The van der Waals surface area contributed by atoms with Crippen molar-refractivity contribution in [3.63, 3.8) is 0 Å². The van der Waals surface area contributed by atoms with Crippen molar-refractivity contribution in [3.05, 3.63) is 48.0 Å². The quantitative estimate of drug-likeness (QED) is 0.767. The van der Waals surface area contributed by atoms with Gasteiger partial charge < -0.3 is 5.73 Å². The molecule has 0 spiro atoms. The van der Waals surface area contributed by atoms with E-state index in [0.29, 0.717) is 5.56 Å². The van der Waals surface area contributed by atoms with Gasteiger partial charge in [0.25, 0.3) is 0 Å². The number of nitrogens with two attached hydrogens (primary N) is 1. The molecule has 1 amide bonds. The van der Waals surface area contributed by atoms with Gasteiger partial charge in [-0.1, -0.05) is 30.3 Å². The van der Waals surface area contributed by atoms with Crippen LogP contribution in [0.25, 0.3) is 10.8 Å². The Morgan fingerprint density at radius 1 is 1.00 bits per heavy atom. The van der Waals surface area contributed by atoms with E-state index < -0.39 is 0 Å². The van der Waals surface area contributed by atoms with Crippen LogP contribution in [0.15, 0.2) is 42.5 Å². The van der Waals surface area contributed by atoms with Crippen molar-refractivity contribution in [1.29, 1.82) is 0 Å². The lowest BCUT2D eigenvalue weighted by Crippen LogP contribution is -2.10.